The summed E-state index contributed by atoms with van der Waals surface area (Å²) < 4.78 is 45.3. The molecule has 26 heavy (non-hydrogen) atoms. The van der Waals surface area contributed by atoms with Gasteiger partial charge in [-0.15, -0.1) is 13.2 Å². The number of ether oxygens (including phenoxy) is 1. The highest BCUT2D eigenvalue weighted by atomic mass is 19.4. The Labute approximate surface area is 146 Å². The van der Waals surface area contributed by atoms with Gasteiger partial charge in [-0.3, -0.25) is 5.41 Å². The van der Waals surface area contributed by atoms with Crippen LogP contribution in [-0.4, -0.2) is 9.55 Å². The predicted octanol–water partition coefficient (Wildman–Crippen LogP) is 3.71. The van der Waals surface area contributed by atoms with Crippen molar-refractivity contribution in [2.24, 2.45) is 0 Å². The van der Waals surface area contributed by atoms with Crippen molar-refractivity contribution in [2.75, 3.05) is 5.73 Å². The molecule has 1 aliphatic rings. The molecular weight excluding hydrogens is 345 g/mol. The summed E-state index contributed by atoms with van der Waals surface area (Å²) in [6.07, 6.45) is -4.19. The van der Waals surface area contributed by atoms with Crippen LogP contribution in [0.4, 0.5) is 18.9 Å². The highest BCUT2D eigenvalue weighted by molar-refractivity contribution is 5.57. The second-order valence-corrected chi connectivity index (χ2v) is 5.89. The minimum Gasteiger partial charge on any atom is -0.438 e. The number of hydrogen-bond donors (Lipinski definition) is 2. The highest BCUT2D eigenvalue weighted by Gasteiger charge is 2.37. The molecule has 0 fully saturated rings. The molecule has 2 heterocycles. The Kier molecular flexibility index (Phi) is 3.50. The lowest BCUT2D eigenvalue weighted by Gasteiger charge is -2.28. The van der Waals surface area contributed by atoms with Gasteiger partial charge in [-0.25, -0.2) is 9.55 Å². The molecule has 3 N–H and O–H groups in total. The van der Waals surface area contributed by atoms with E-state index in [0.717, 1.165) is 0 Å². The van der Waals surface area contributed by atoms with E-state index < -0.39 is 17.7 Å². The Morgan fingerprint density at radius 3 is 2.62 bits per heavy atom. The van der Waals surface area contributed by atoms with E-state index in [1.54, 1.807) is 48.5 Å². The summed E-state index contributed by atoms with van der Waals surface area (Å²) >= 11 is 0. The van der Waals surface area contributed by atoms with Gasteiger partial charge in [0.2, 0.25) is 5.88 Å². The first kappa shape index (κ1) is 16.2. The molecule has 0 saturated carbocycles. The molecule has 1 aromatic heterocycles. The van der Waals surface area contributed by atoms with Gasteiger partial charge in [-0.05, 0) is 23.8 Å². The van der Waals surface area contributed by atoms with Crippen molar-refractivity contribution >= 4 is 5.69 Å². The first-order valence-corrected chi connectivity index (χ1v) is 7.72. The number of alkyl halides is 3. The van der Waals surface area contributed by atoms with Crippen LogP contribution in [-0.2, 0) is 6.30 Å². The monoisotopic (exact) mass is 358 g/mol. The number of benzene rings is 2. The third-order valence-electron chi connectivity index (χ3n) is 4.26. The first-order chi connectivity index (χ1) is 12.4. The zero-order valence-electron chi connectivity index (χ0n) is 13.3. The summed E-state index contributed by atoms with van der Waals surface area (Å²) in [5, 5.41) is 8.15. The van der Waals surface area contributed by atoms with E-state index in [9.17, 15) is 13.2 Å². The topological polar surface area (TPSA) is 76.9 Å². The molecule has 0 aliphatic carbocycles. The Morgan fingerprint density at radius 2 is 1.88 bits per heavy atom. The molecule has 132 valence electrons. The Bertz CT molecular complexity index is 1060. The number of fused-ring (bicyclic) bond motifs is 2. The molecule has 3 aromatic rings. The van der Waals surface area contributed by atoms with Gasteiger partial charge < -0.3 is 10.5 Å². The second kappa shape index (κ2) is 5.62. The molecule has 2 aromatic carbocycles. The van der Waals surface area contributed by atoms with Gasteiger partial charge in [0.1, 0.15) is 17.6 Å². The Morgan fingerprint density at radius 1 is 1.12 bits per heavy atom. The number of rotatable bonds is 1. The average molecular weight is 358 g/mol. The largest absolute Gasteiger partial charge is 0.491 e. The van der Waals surface area contributed by atoms with E-state index in [1.165, 1.54) is 0 Å². The molecule has 8 heteroatoms. The third-order valence-corrected chi connectivity index (χ3v) is 4.26. The smallest absolute Gasteiger partial charge is 0.438 e. The number of aromatic nitrogens is 2. The van der Waals surface area contributed by atoms with Crippen LogP contribution in [0.3, 0.4) is 0 Å². The van der Waals surface area contributed by atoms with Crippen LogP contribution < -0.4 is 16.0 Å². The van der Waals surface area contributed by atoms with Crippen LogP contribution in [0.1, 0.15) is 22.6 Å². The van der Waals surface area contributed by atoms with Crippen LogP contribution in [0.25, 0.3) is 0 Å². The van der Waals surface area contributed by atoms with Crippen molar-refractivity contribution in [3.05, 3.63) is 77.0 Å². The van der Waals surface area contributed by atoms with Gasteiger partial charge in [0.05, 0.1) is 5.56 Å². The fourth-order valence-corrected chi connectivity index (χ4v) is 3.16. The molecule has 0 amide bonds. The van der Waals surface area contributed by atoms with Crippen LogP contribution in [0.15, 0.2) is 54.9 Å². The number of nitrogens with one attached hydrogen (secondary N) is 1. The molecule has 1 unspecified atom stereocenters. The average Bonchev–Trinajstić information content (AvgIpc) is 2.59. The summed E-state index contributed by atoms with van der Waals surface area (Å²) in [6, 6.07) is 13.9. The number of anilines is 1. The van der Waals surface area contributed by atoms with Crippen molar-refractivity contribution < 1.29 is 17.9 Å². The fourth-order valence-electron chi connectivity index (χ4n) is 3.16. The zero-order valence-corrected chi connectivity index (χ0v) is 13.3. The number of nitrogen functional groups attached to an aromatic ring is 1. The lowest BCUT2D eigenvalue weighted by molar-refractivity contribution is -0.207. The molecule has 1 atom stereocenters. The summed E-state index contributed by atoms with van der Waals surface area (Å²) in [5.41, 5.74) is 6.99. The van der Waals surface area contributed by atoms with Crippen LogP contribution in [0.5, 0.6) is 11.6 Å². The van der Waals surface area contributed by atoms with E-state index in [-0.39, 0.29) is 16.0 Å². The molecule has 4 rings (SSSR count). The van der Waals surface area contributed by atoms with Crippen LogP contribution in [0, 0.1) is 5.41 Å². The van der Waals surface area contributed by atoms with E-state index in [0.29, 0.717) is 28.9 Å². The van der Waals surface area contributed by atoms with Crippen molar-refractivity contribution in [2.45, 2.75) is 12.2 Å². The summed E-state index contributed by atoms with van der Waals surface area (Å²) in [4.78, 5) is 3.81. The maximum Gasteiger partial charge on any atom is 0.491 e. The number of para-hydroxylation sites is 1. The molecule has 0 radical (unpaired) electrons. The molecule has 5 nitrogen and oxygen atoms in total. The van der Waals surface area contributed by atoms with E-state index in [1.807, 2.05) is 0 Å². The van der Waals surface area contributed by atoms with Gasteiger partial charge in [0.15, 0.2) is 0 Å². The molecule has 0 saturated heterocycles. The number of nitrogens with zero attached hydrogens (tertiary/aromatic N) is 2. The summed E-state index contributed by atoms with van der Waals surface area (Å²) in [5.74, 6) is -0.168. The van der Waals surface area contributed by atoms with Crippen LogP contribution >= 0.6 is 0 Å². The SMILES string of the molecule is N=c1c2c(ncn1C(F)(F)F)Oc1ccccc1C2c1cccc(N)c1. The van der Waals surface area contributed by atoms with Crippen molar-refractivity contribution in [1.82, 2.24) is 9.55 Å². The number of nitrogens with two attached hydrogens (primary N) is 1. The second-order valence-electron chi connectivity index (χ2n) is 5.89. The van der Waals surface area contributed by atoms with Crippen molar-refractivity contribution in [3.63, 3.8) is 0 Å². The maximum absolute atomic E-state index is 13.3. The fraction of sp³-hybridized carbons (Fsp3) is 0.111. The quantitative estimate of drug-likeness (QED) is 0.509. The van der Waals surface area contributed by atoms with E-state index in [4.69, 9.17) is 15.9 Å². The highest BCUT2D eigenvalue weighted by Crippen LogP contribution is 2.45. The third kappa shape index (κ3) is 2.50. The Hall–Kier alpha value is -3.29. The number of hydrogen-bond acceptors (Lipinski definition) is 4. The van der Waals surface area contributed by atoms with Crippen molar-refractivity contribution in [1.29, 1.82) is 5.41 Å². The molecular formula is C18H13F3N4O. The van der Waals surface area contributed by atoms with Crippen molar-refractivity contribution in [3.8, 4) is 11.6 Å². The van der Waals surface area contributed by atoms with E-state index >= 15 is 0 Å². The summed E-state index contributed by atoms with van der Waals surface area (Å²) in [6.45, 7) is 0. The molecule has 0 spiro atoms. The minimum atomic E-state index is -4.75. The first-order valence-electron chi connectivity index (χ1n) is 7.72. The summed E-state index contributed by atoms with van der Waals surface area (Å²) in [7, 11) is 0. The van der Waals surface area contributed by atoms with Gasteiger partial charge in [0, 0.05) is 17.2 Å². The van der Waals surface area contributed by atoms with E-state index in [2.05, 4.69) is 4.98 Å². The van der Waals surface area contributed by atoms with Gasteiger partial charge >= 0.3 is 6.30 Å². The lowest BCUT2D eigenvalue weighted by atomic mass is 9.84. The molecule has 0 bridgehead atoms. The molecule has 1 aliphatic heterocycles. The zero-order chi connectivity index (χ0) is 18.5. The van der Waals surface area contributed by atoms with Gasteiger partial charge in [-0.2, -0.15) is 0 Å². The van der Waals surface area contributed by atoms with Crippen LogP contribution in [0.2, 0.25) is 0 Å². The Balaban J connectivity index is 2.03. The van der Waals surface area contributed by atoms with Gasteiger partial charge in [0.25, 0.3) is 0 Å². The number of halogens is 3. The standard InChI is InChI=1S/C18H13F3N4O/c19-18(20,21)25-9-24-17-15(16(25)23)14(10-4-3-5-11(22)8-10)12-6-1-2-7-13(12)26-17/h1-9,14,23H,22H2. The predicted molar refractivity (Wildman–Crippen MR) is 87.7 cm³/mol. The van der Waals surface area contributed by atoms with Gasteiger partial charge in [-0.1, -0.05) is 30.3 Å². The minimum absolute atomic E-state index is 0.0124. The normalized spacial score (nSPS) is 15.7. The lowest BCUT2D eigenvalue weighted by Crippen LogP contribution is -2.35. The maximum atomic E-state index is 13.3.